The van der Waals surface area contributed by atoms with Crippen molar-refractivity contribution in [1.29, 1.82) is 0 Å². The van der Waals surface area contributed by atoms with Crippen LogP contribution < -0.4 is 14.8 Å². The summed E-state index contributed by atoms with van der Waals surface area (Å²) in [5, 5.41) is 6.34. The number of hydrogen-bond acceptors (Lipinski definition) is 8. The summed E-state index contributed by atoms with van der Waals surface area (Å²) in [5.74, 6) is 0.346. The van der Waals surface area contributed by atoms with Gasteiger partial charge in [-0.1, -0.05) is 29.4 Å². The van der Waals surface area contributed by atoms with Crippen molar-refractivity contribution in [3.63, 3.8) is 0 Å². The average Bonchev–Trinajstić information content (AvgIpc) is 3.24. The molecule has 1 amide bonds. The molecule has 0 saturated heterocycles. The standard InChI is InChI=1S/C20H19N3O6/c1-26-15-9-5-3-7-13(15)19-22-17(29-23-19)12-28-18(24)11-21-20(25)14-8-4-6-10-16(14)27-2/h3-10H,11-12H2,1-2H3,(H,21,25). The molecule has 9 nitrogen and oxygen atoms in total. The highest BCUT2D eigenvalue weighted by atomic mass is 16.6. The third kappa shape index (κ3) is 4.89. The van der Waals surface area contributed by atoms with Crippen LogP contribution in [-0.4, -0.2) is 42.8 Å². The lowest BCUT2D eigenvalue weighted by atomic mass is 10.2. The van der Waals surface area contributed by atoms with Gasteiger partial charge in [-0.3, -0.25) is 9.59 Å². The summed E-state index contributed by atoms with van der Waals surface area (Å²) in [6.07, 6.45) is 0. The van der Waals surface area contributed by atoms with Crippen LogP contribution in [0.1, 0.15) is 16.2 Å². The van der Waals surface area contributed by atoms with Crippen LogP contribution in [0.15, 0.2) is 53.1 Å². The highest BCUT2D eigenvalue weighted by Gasteiger charge is 2.16. The summed E-state index contributed by atoms with van der Waals surface area (Å²) in [6, 6.07) is 13.9. The van der Waals surface area contributed by atoms with Crippen molar-refractivity contribution in [3.05, 3.63) is 60.0 Å². The van der Waals surface area contributed by atoms with Crippen LogP contribution in [0.5, 0.6) is 11.5 Å². The van der Waals surface area contributed by atoms with Crippen molar-refractivity contribution < 1.29 is 28.3 Å². The fourth-order valence-corrected chi connectivity index (χ4v) is 2.53. The van der Waals surface area contributed by atoms with Gasteiger partial charge in [0.2, 0.25) is 5.82 Å². The molecule has 0 aliphatic rings. The summed E-state index contributed by atoms with van der Waals surface area (Å²) in [4.78, 5) is 28.3. The van der Waals surface area contributed by atoms with E-state index in [4.69, 9.17) is 18.7 Å². The Morgan fingerprint density at radius 3 is 2.45 bits per heavy atom. The molecule has 1 N–H and O–H groups in total. The smallest absolute Gasteiger partial charge is 0.325 e. The number of carbonyl (C=O) groups is 2. The number of methoxy groups -OCH3 is 2. The van der Waals surface area contributed by atoms with Crippen LogP contribution in [-0.2, 0) is 16.1 Å². The van der Waals surface area contributed by atoms with Gasteiger partial charge in [-0.25, -0.2) is 0 Å². The number of para-hydroxylation sites is 2. The minimum absolute atomic E-state index is 0.121. The van der Waals surface area contributed by atoms with Gasteiger partial charge >= 0.3 is 5.97 Å². The summed E-state index contributed by atoms with van der Waals surface area (Å²) in [7, 11) is 3.00. The molecular weight excluding hydrogens is 378 g/mol. The number of carbonyl (C=O) groups excluding carboxylic acids is 2. The van der Waals surface area contributed by atoms with Crippen LogP contribution in [0, 0.1) is 0 Å². The van der Waals surface area contributed by atoms with E-state index in [9.17, 15) is 9.59 Å². The molecule has 0 spiro atoms. The van der Waals surface area contributed by atoms with Gasteiger partial charge in [-0.2, -0.15) is 4.98 Å². The van der Waals surface area contributed by atoms with Gasteiger partial charge in [0.1, 0.15) is 18.0 Å². The van der Waals surface area contributed by atoms with E-state index in [1.165, 1.54) is 7.11 Å². The lowest BCUT2D eigenvalue weighted by Gasteiger charge is -2.08. The molecule has 2 aromatic carbocycles. The van der Waals surface area contributed by atoms with E-state index in [0.717, 1.165) is 0 Å². The number of ether oxygens (including phenoxy) is 3. The minimum atomic E-state index is -0.648. The third-order valence-electron chi connectivity index (χ3n) is 3.92. The molecule has 0 unspecified atom stereocenters. The van der Waals surface area contributed by atoms with Crippen molar-refractivity contribution in [2.75, 3.05) is 20.8 Å². The summed E-state index contributed by atoms with van der Waals surface area (Å²) < 4.78 is 20.5. The van der Waals surface area contributed by atoms with Crippen molar-refractivity contribution in [1.82, 2.24) is 15.5 Å². The molecule has 3 aromatic rings. The van der Waals surface area contributed by atoms with Crippen molar-refractivity contribution in [2.45, 2.75) is 6.61 Å². The molecule has 0 aliphatic heterocycles. The van der Waals surface area contributed by atoms with Gasteiger partial charge in [0.25, 0.3) is 11.8 Å². The van der Waals surface area contributed by atoms with E-state index in [2.05, 4.69) is 15.5 Å². The molecule has 0 atom stereocenters. The Morgan fingerprint density at radius 1 is 1.00 bits per heavy atom. The normalized spacial score (nSPS) is 10.3. The Labute approximate surface area is 166 Å². The van der Waals surface area contributed by atoms with E-state index in [0.29, 0.717) is 28.5 Å². The van der Waals surface area contributed by atoms with E-state index < -0.39 is 11.9 Å². The van der Waals surface area contributed by atoms with E-state index >= 15 is 0 Å². The second-order valence-corrected chi connectivity index (χ2v) is 5.76. The molecule has 29 heavy (non-hydrogen) atoms. The lowest BCUT2D eigenvalue weighted by molar-refractivity contribution is -0.144. The summed E-state index contributed by atoms with van der Waals surface area (Å²) >= 11 is 0. The van der Waals surface area contributed by atoms with Crippen LogP contribution >= 0.6 is 0 Å². The number of rotatable bonds is 8. The number of esters is 1. The van der Waals surface area contributed by atoms with E-state index in [-0.39, 0.29) is 19.0 Å². The van der Waals surface area contributed by atoms with Crippen LogP contribution in [0.25, 0.3) is 11.4 Å². The van der Waals surface area contributed by atoms with Crippen LogP contribution in [0.2, 0.25) is 0 Å². The predicted octanol–water partition coefficient (Wildman–Crippen LogP) is 2.23. The quantitative estimate of drug-likeness (QED) is 0.576. The monoisotopic (exact) mass is 397 g/mol. The predicted molar refractivity (Wildman–Crippen MR) is 101 cm³/mol. The van der Waals surface area contributed by atoms with Gasteiger partial charge in [0, 0.05) is 0 Å². The summed E-state index contributed by atoms with van der Waals surface area (Å²) in [5.41, 5.74) is 0.974. The number of nitrogens with one attached hydrogen (secondary N) is 1. The van der Waals surface area contributed by atoms with Gasteiger partial charge in [-0.05, 0) is 24.3 Å². The zero-order valence-corrected chi connectivity index (χ0v) is 15.9. The van der Waals surface area contributed by atoms with Crippen LogP contribution in [0.4, 0.5) is 0 Å². The maximum Gasteiger partial charge on any atom is 0.325 e. The Kier molecular flexibility index (Phi) is 6.41. The Morgan fingerprint density at radius 2 is 1.69 bits per heavy atom. The Balaban J connectivity index is 1.52. The van der Waals surface area contributed by atoms with E-state index in [1.54, 1.807) is 43.5 Å². The molecule has 0 saturated carbocycles. The van der Waals surface area contributed by atoms with Crippen molar-refractivity contribution in [2.24, 2.45) is 0 Å². The number of aromatic nitrogens is 2. The zero-order valence-electron chi connectivity index (χ0n) is 15.9. The lowest BCUT2D eigenvalue weighted by Crippen LogP contribution is -2.30. The molecule has 0 aliphatic carbocycles. The maximum absolute atomic E-state index is 12.2. The average molecular weight is 397 g/mol. The maximum atomic E-state index is 12.2. The SMILES string of the molecule is COc1ccccc1C(=O)NCC(=O)OCc1nc(-c2ccccc2OC)no1. The van der Waals surface area contributed by atoms with Gasteiger partial charge in [0.15, 0.2) is 6.61 Å². The van der Waals surface area contributed by atoms with Crippen LogP contribution in [0.3, 0.4) is 0 Å². The zero-order chi connectivity index (χ0) is 20.6. The third-order valence-corrected chi connectivity index (χ3v) is 3.92. The summed E-state index contributed by atoms with van der Waals surface area (Å²) in [6.45, 7) is -0.532. The number of nitrogens with zero attached hydrogens (tertiary/aromatic N) is 2. The first-order valence-electron chi connectivity index (χ1n) is 8.65. The largest absolute Gasteiger partial charge is 0.496 e. The molecule has 150 valence electrons. The highest BCUT2D eigenvalue weighted by molar-refractivity contribution is 5.98. The second kappa shape index (κ2) is 9.36. The number of hydrogen-bond donors (Lipinski definition) is 1. The molecule has 0 radical (unpaired) electrons. The van der Waals surface area contributed by atoms with E-state index in [1.807, 2.05) is 12.1 Å². The first-order chi connectivity index (χ1) is 14.1. The van der Waals surface area contributed by atoms with Gasteiger partial charge in [-0.15, -0.1) is 0 Å². The molecule has 0 bridgehead atoms. The molecule has 1 heterocycles. The number of benzene rings is 2. The minimum Gasteiger partial charge on any atom is -0.496 e. The van der Waals surface area contributed by atoms with Gasteiger partial charge < -0.3 is 24.1 Å². The van der Waals surface area contributed by atoms with Crippen molar-refractivity contribution >= 4 is 11.9 Å². The highest BCUT2D eigenvalue weighted by Crippen LogP contribution is 2.27. The van der Waals surface area contributed by atoms with Gasteiger partial charge in [0.05, 0.1) is 25.3 Å². The molecule has 9 heteroatoms. The topological polar surface area (TPSA) is 113 Å². The molecular formula is C20H19N3O6. The Hall–Kier alpha value is -3.88. The first-order valence-corrected chi connectivity index (χ1v) is 8.65. The first kappa shape index (κ1) is 19.9. The van der Waals surface area contributed by atoms with Crippen molar-refractivity contribution in [3.8, 4) is 22.9 Å². The number of amides is 1. The second-order valence-electron chi connectivity index (χ2n) is 5.76. The Bertz CT molecular complexity index is 1000. The fraction of sp³-hybridized carbons (Fsp3) is 0.200. The molecule has 3 rings (SSSR count). The fourth-order valence-electron chi connectivity index (χ4n) is 2.53. The molecule has 1 aromatic heterocycles. The molecule has 0 fully saturated rings.